The second kappa shape index (κ2) is 16.6. The Bertz CT molecular complexity index is 697. The molecular weight excluding hydrogens is 440 g/mol. The van der Waals surface area contributed by atoms with Crippen LogP contribution in [-0.2, 0) is 19.1 Å². The van der Waals surface area contributed by atoms with E-state index < -0.39 is 36.4 Å². The zero-order chi connectivity index (χ0) is 25.5. The average Bonchev–Trinajstić information content (AvgIpc) is 2.76. The molecule has 1 rings (SSSR count). The average molecular weight is 483 g/mol. The minimum absolute atomic E-state index is 0.213. The Morgan fingerprint density at radius 2 is 1.76 bits per heavy atom. The minimum Gasteiger partial charge on any atom is -0.481 e. The maximum Gasteiger partial charge on any atom is 0.330 e. The third-order valence-electron chi connectivity index (χ3n) is 5.96. The van der Waals surface area contributed by atoms with Crippen LogP contribution in [0, 0.1) is 5.92 Å². The molecule has 0 aliphatic carbocycles. The summed E-state index contributed by atoms with van der Waals surface area (Å²) in [5, 5.41) is 39.0. The lowest BCUT2D eigenvalue weighted by Crippen LogP contribution is -2.50. The maximum atomic E-state index is 12.0. The molecule has 34 heavy (non-hydrogen) atoms. The van der Waals surface area contributed by atoms with E-state index in [2.05, 4.69) is 6.58 Å². The highest BCUT2D eigenvalue weighted by atomic mass is 16.5. The van der Waals surface area contributed by atoms with Gasteiger partial charge in [0.25, 0.3) is 0 Å². The van der Waals surface area contributed by atoms with Gasteiger partial charge in [0, 0.05) is 18.4 Å². The van der Waals surface area contributed by atoms with Crippen LogP contribution in [0.4, 0.5) is 0 Å². The Balaban J connectivity index is 2.28. The molecule has 0 spiro atoms. The number of allylic oxidation sites excluding steroid dienone is 1. The first-order chi connectivity index (χ1) is 16.1. The van der Waals surface area contributed by atoms with Crippen LogP contribution in [0.15, 0.2) is 36.0 Å². The van der Waals surface area contributed by atoms with Crippen LogP contribution >= 0.6 is 0 Å². The minimum atomic E-state index is -1.07. The quantitative estimate of drug-likeness (QED) is 0.114. The molecule has 1 saturated heterocycles. The number of aliphatic hydroxyl groups is 3. The monoisotopic (exact) mass is 482 g/mol. The number of esters is 1. The number of carboxylic acid groups (broad SMARTS) is 1. The van der Waals surface area contributed by atoms with Gasteiger partial charge in [-0.2, -0.15) is 0 Å². The summed E-state index contributed by atoms with van der Waals surface area (Å²) in [5.74, 6) is -1.47. The van der Waals surface area contributed by atoms with Gasteiger partial charge >= 0.3 is 11.9 Å². The molecule has 4 N–H and O–H groups in total. The van der Waals surface area contributed by atoms with E-state index in [1.807, 2.05) is 0 Å². The van der Waals surface area contributed by atoms with E-state index in [0.717, 1.165) is 32.1 Å². The van der Waals surface area contributed by atoms with Crippen molar-refractivity contribution in [1.82, 2.24) is 0 Å². The summed E-state index contributed by atoms with van der Waals surface area (Å²) in [6.07, 6.45) is 7.89. The number of hydrogen-bond acceptors (Lipinski definition) is 7. The summed E-state index contributed by atoms with van der Waals surface area (Å²) in [6, 6.07) is 0. The van der Waals surface area contributed by atoms with Gasteiger partial charge in [-0.05, 0) is 45.1 Å². The fourth-order valence-corrected chi connectivity index (χ4v) is 3.74. The van der Waals surface area contributed by atoms with Crippen molar-refractivity contribution >= 4 is 11.9 Å². The summed E-state index contributed by atoms with van der Waals surface area (Å²) >= 11 is 0. The number of aliphatic carboxylic acids is 1. The standard InChI is InChI=1S/C26H42O8/c1-18(16-24(30)33-14-9-7-5-4-6-8-13-23(28)29)15-22-26(32)25(31)21(17-34-22)12-10-11-19(2)20(3)27/h10-11,16,20-22,25-27,31-32H,2,4-9,12-15,17H2,1,3H3,(H,28,29)/b11-10+,18-16+. The Morgan fingerprint density at radius 3 is 2.41 bits per heavy atom. The smallest absolute Gasteiger partial charge is 0.330 e. The van der Waals surface area contributed by atoms with Crippen LogP contribution in [0.2, 0.25) is 0 Å². The fraction of sp³-hybridized carbons (Fsp3) is 0.692. The van der Waals surface area contributed by atoms with E-state index in [4.69, 9.17) is 14.6 Å². The van der Waals surface area contributed by atoms with Gasteiger partial charge in [0.05, 0.1) is 31.5 Å². The van der Waals surface area contributed by atoms with Crippen molar-refractivity contribution in [1.29, 1.82) is 0 Å². The number of hydrogen-bond donors (Lipinski definition) is 4. The Labute approximate surface area is 203 Å². The molecule has 1 heterocycles. The zero-order valence-electron chi connectivity index (χ0n) is 20.5. The first kappa shape index (κ1) is 30.0. The van der Waals surface area contributed by atoms with Gasteiger partial charge in [0.15, 0.2) is 0 Å². The predicted octanol–water partition coefficient (Wildman–Crippen LogP) is 3.30. The molecule has 0 aromatic rings. The summed E-state index contributed by atoms with van der Waals surface area (Å²) in [7, 11) is 0. The fourth-order valence-electron chi connectivity index (χ4n) is 3.74. The zero-order valence-corrected chi connectivity index (χ0v) is 20.5. The van der Waals surface area contributed by atoms with Gasteiger partial charge in [0.1, 0.15) is 6.10 Å². The number of rotatable bonds is 16. The number of ether oxygens (including phenoxy) is 2. The van der Waals surface area contributed by atoms with Crippen molar-refractivity contribution < 1.29 is 39.5 Å². The highest BCUT2D eigenvalue weighted by Gasteiger charge is 2.37. The second-order valence-corrected chi connectivity index (χ2v) is 9.13. The van der Waals surface area contributed by atoms with E-state index in [1.165, 1.54) is 6.08 Å². The van der Waals surface area contributed by atoms with Gasteiger partial charge in [-0.25, -0.2) is 4.79 Å². The third kappa shape index (κ3) is 12.5. The molecule has 194 valence electrons. The Morgan fingerprint density at radius 1 is 1.12 bits per heavy atom. The van der Waals surface area contributed by atoms with Crippen LogP contribution in [-0.4, -0.2) is 70.0 Å². The molecule has 1 aliphatic heterocycles. The van der Waals surface area contributed by atoms with Crippen LogP contribution in [0.5, 0.6) is 0 Å². The lowest BCUT2D eigenvalue weighted by Gasteiger charge is -2.37. The molecule has 5 unspecified atom stereocenters. The molecule has 1 aliphatic rings. The summed E-state index contributed by atoms with van der Waals surface area (Å²) in [6.45, 7) is 7.74. The van der Waals surface area contributed by atoms with E-state index in [-0.39, 0.29) is 18.9 Å². The van der Waals surface area contributed by atoms with Gasteiger partial charge in [-0.1, -0.05) is 50.0 Å². The third-order valence-corrected chi connectivity index (χ3v) is 5.96. The van der Waals surface area contributed by atoms with Crippen molar-refractivity contribution in [2.45, 2.75) is 96.1 Å². The molecule has 1 fully saturated rings. The molecular formula is C26H42O8. The van der Waals surface area contributed by atoms with Crippen molar-refractivity contribution in [3.05, 3.63) is 36.0 Å². The van der Waals surface area contributed by atoms with Gasteiger partial charge < -0.3 is 29.9 Å². The largest absolute Gasteiger partial charge is 0.481 e. The number of unbranched alkanes of at least 4 members (excludes halogenated alkanes) is 5. The SMILES string of the molecule is C=C(/C=C/CC1COC(C/C(C)=C/C(=O)OCCCCCCCCC(=O)O)C(O)C1O)C(C)O. The maximum absolute atomic E-state index is 12.0. The molecule has 0 aromatic carbocycles. The van der Waals surface area contributed by atoms with Crippen LogP contribution in [0.25, 0.3) is 0 Å². The first-order valence-electron chi connectivity index (χ1n) is 12.2. The molecule has 0 aromatic heterocycles. The van der Waals surface area contributed by atoms with Crippen molar-refractivity contribution in [2.24, 2.45) is 5.92 Å². The lowest BCUT2D eigenvalue weighted by molar-refractivity contribution is -0.162. The summed E-state index contributed by atoms with van der Waals surface area (Å²) < 4.78 is 11.0. The Kier molecular flexibility index (Phi) is 14.7. The number of carbonyl (C=O) groups excluding carboxylic acids is 1. The molecule has 0 amide bonds. The van der Waals surface area contributed by atoms with Crippen molar-refractivity contribution in [3.8, 4) is 0 Å². The molecule has 0 radical (unpaired) electrons. The molecule has 0 saturated carbocycles. The van der Waals surface area contributed by atoms with Gasteiger partial charge in [-0.3, -0.25) is 4.79 Å². The summed E-state index contributed by atoms with van der Waals surface area (Å²) in [5.41, 5.74) is 1.27. The molecule has 8 nitrogen and oxygen atoms in total. The molecule has 8 heteroatoms. The predicted molar refractivity (Wildman–Crippen MR) is 129 cm³/mol. The number of aliphatic hydroxyl groups excluding tert-OH is 3. The number of carbonyl (C=O) groups is 2. The van der Waals surface area contributed by atoms with Gasteiger partial charge in [-0.15, -0.1) is 0 Å². The lowest BCUT2D eigenvalue weighted by atomic mass is 9.87. The van der Waals surface area contributed by atoms with E-state index >= 15 is 0 Å². The van der Waals surface area contributed by atoms with E-state index in [0.29, 0.717) is 37.0 Å². The van der Waals surface area contributed by atoms with Crippen LogP contribution in [0.3, 0.4) is 0 Å². The van der Waals surface area contributed by atoms with Crippen LogP contribution < -0.4 is 0 Å². The Hall–Kier alpha value is -2.00. The van der Waals surface area contributed by atoms with E-state index in [9.17, 15) is 24.9 Å². The second-order valence-electron chi connectivity index (χ2n) is 9.13. The number of carboxylic acids is 1. The summed E-state index contributed by atoms with van der Waals surface area (Å²) in [4.78, 5) is 22.5. The topological polar surface area (TPSA) is 134 Å². The van der Waals surface area contributed by atoms with Crippen LogP contribution in [0.1, 0.15) is 71.6 Å². The van der Waals surface area contributed by atoms with Crippen molar-refractivity contribution in [3.63, 3.8) is 0 Å². The molecule has 5 atom stereocenters. The van der Waals surface area contributed by atoms with E-state index in [1.54, 1.807) is 26.0 Å². The van der Waals surface area contributed by atoms with Crippen molar-refractivity contribution in [2.75, 3.05) is 13.2 Å². The van der Waals surface area contributed by atoms with Gasteiger partial charge in [0.2, 0.25) is 0 Å². The highest BCUT2D eigenvalue weighted by Crippen LogP contribution is 2.27. The first-order valence-corrected chi connectivity index (χ1v) is 12.2. The normalized spacial score (nSPS) is 24.2. The molecule has 0 bridgehead atoms. The highest BCUT2D eigenvalue weighted by molar-refractivity contribution is 5.82.